The number of carboxylic acids is 1. The van der Waals surface area contributed by atoms with E-state index in [2.05, 4.69) is 10.6 Å². The van der Waals surface area contributed by atoms with Crippen molar-refractivity contribution in [3.63, 3.8) is 0 Å². The highest BCUT2D eigenvalue weighted by Crippen LogP contribution is 2.28. The van der Waals surface area contributed by atoms with Gasteiger partial charge in [-0.1, -0.05) is 12.1 Å². The smallest absolute Gasteiger partial charge is 0.322 e. The van der Waals surface area contributed by atoms with Gasteiger partial charge in [0.15, 0.2) is 0 Å². The Morgan fingerprint density at radius 1 is 1.11 bits per heavy atom. The molecule has 2 rings (SSSR count). The van der Waals surface area contributed by atoms with E-state index in [4.69, 9.17) is 5.11 Å². The van der Waals surface area contributed by atoms with Crippen molar-refractivity contribution in [2.24, 2.45) is 0 Å². The summed E-state index contributed by atoms with van der Waals surface area (Å²) in [5, 5.41) is 13.9. The highest BCUT2D eigenvalue weighted by Gasteiger charge is 2.13. The number of hydrogen-bond donors (Lipinski definition) is 3. The maximum Gasteiger partial charge on any atom is 0.322 e. The molecular weight excluding hydrogens is 366 g/mol. The summed E-state index contributed by atoms with van der Waals surface area (Å²) < 4.78 is 29.0. The van der Waals surface area contributed by atoms with Crippen LogP contribution >= 0.6 is 0 Å². The molecule has 0 saturated carbocycles. The zero-order valence-corrected chi connectivity index (χ0v) is 15.8. The van der Waals surface area contributed by atoms with E-state index in [9.17, 15) is 18.4 Å². The first-order chi connectivity index (χ1) is 13.2. The second-order valence-corrected chi connectivity index (χ2v) is 6.63. The van der Waals surface area contributed by atoms with Crippen LogP contribution in [0, 0.1) is 11.6 Å². The molecule has 1 amide bonds. The summed E-state index contributed by atoms with van der Waals surface area (Å²) in [5.74, 6) is -3.18. The fourth-order valence-electron chi connectivity index (χ4n) is 2.57. The topological polar surface area (TPSA) is 78.4 Å². The van der Waals surface area contributed by atoms with E-state index in [1.54, 1.807) is 24.3 Å². The second kappa shape index (κ2) is 9.12. The number of aliphatic carboxylic acids is 1. The molecule has 0 aliphatic heterocycles. The monoisotopic (exact) mass is 388 g/mol. The van der Waals surface area contributed by atoms with E-state index in [0.717, 1.165) is 17.8 Å². The molecule has 7 heteroatoms. The quantitative estimate of drug-likeness (QED) is 0.625. The molecule has 3 N–H and O–H groups in total. The van der Waals surface area contributed by atoms with Crippen LogP contribution in [0.1, 0.15) is 26.3 Å². The minimum Gasteiger partial charge on any atom is -0.480 e. The standard InChI is InChI=1S/C21H22F2N2O3/c1-12(2)25-16-6-4-14(5-7-16)17-10-18(22)15(9-19(17)23)8-13(3)21(28)24-11-20(26)27/h4-10,12,25H,11H2,1-3H3,(H,24,28)(H,26,27). The van der Waals surface area contributed by atoms with Gasteiger partial charge in [-0.05, 0) is 56.7 Å². The molecule has 0 spiro atoms. The van der Waals surface area contributed by atoms with Crippen molar-refractivity contribution in [1.82, 2.24) is 5.32 Å². The molecule has 0 radical (unpaired) electrons. The van der Waals surface area contributed by atoms with Crippen LogP contribution in [0.4, 0.5) is 14.5 Å². The zero-order valence-electron chi connectivity index (χ0n) is 15.8. The highest BCUT2D eigenvalue weighted by molar-refractivity contribution is 5.98. The number of carboxylic acid groups (broad SMARTS) is 1. The van der Waals surface area contributed by atoms with Crippen LogP contribution in [-0.2, 0) is 9.59 Å². The van der Waals surface area contributed by atoms with E-state index >= 15 is 0 Å². The van der Waals surface area contributed by atoms with Crippen molar-refractivity contribution in [3.05, 3.63) is 59.2 Å². The van der Waals surface area contributed by atoms with Gasteiger partial charge in [-0.3, -0.25) is 9.59 Å². The summed E-state index contributed by atoms with van der Waals surface area (Å²) in [5.41, 5.74) is 1.48. The van der Waals surface area contributed by atoms with Crippen LogP contribution in [0.5, 0.6) is 0 Å². The number of benzene rings is 2. The summed E-state index contributed by atoms with van der Waals surface area (Å²) >= 11 is 0. The predicted octanol–water partition coefficient (Wildman–Crippen LogP) is 4.06. The number of amides is 1. The van der Waals surface area contributed by atoms with Crippen molar-refractivity contribution in [3.8, 4) is 11.1 Å². The SMILES string of the molecule is CC(=Cc1cc(F)c(-c2ccc(NC(C)C)cc2)cc1F)C(=O)NCC(=O)O. The van der Waals surface area contributed by atoms with Crippen molar-refractivity contribution >= 4 is 23.6 Å². The minimum absolute atomic E-state index is 0.0661. The molecule has 0 unspecified atom stereocenters. The predicted molar refractivity (Wildman–Crippen MR) is 105 cm³/mol. The summed E-state index contributed by atoms with van der Waals surface area (Å²) in [7, 11) is 0. The van der Waals surface area contributed by atoms with Crippen LogP contribution in [0.15, 0.2) is 42.0 Å². The van der Waals surface area contributed by atoms with Gasteiger partial charge < -0.3 is 15.7 Å². The lowest BCUT2D eigenvalue weighted by molar-refractivity contribution is -0.137. The van der Waals surface area contributed by atoms with Gasteiger partial charge >= 0.3 is 5.97 Å². The van der Waals surface area contributed by atoms with Crippen molar-refractivity contribution in [2.45, 2.75) is 26.8 Å². The minimum atomic E-state index is -1.20. The van der Waals surface area contributed by atoms with Crippen molar-refractivity contribution in [2.75, 3.05) is 11.9 Å². The van der Waals surface area contributed by atoms with Gasteiger partial charge in [0, 0.05) is 28.4 Å². The lowest BCUT2D eigenvalue weighted by Crippen LogP contribution is -2.29. The highest BCUT2D eigenvalue weighted by atomic mass is 19.1. The summed E-state index contributed by atoms with van der Waals surface area (Å²) in [6, 6.07) is 9.31. The zero-order chi connectivity index (χ0) is 20.8. The first-order valence-electron chi connectivity index (χ1n) is 8.71. The first kappa shape index (κ1) is 21.1. The maximum atomic E-state index is 14.5. The van der Waals surface area contributed by atoms with E-state index < -0.39 is 30.1 Å². The number of rotatable bonds is 7. The Kier molecular flexibility index (Phi) is 6.87. The fourth-order valence-corrected chi connectivity index (χ4v) is 2.57. The van der Waals surface area contributed by atoms with Crippen LogP contribution in [0.2, 0.25) is 0 Å². The number of carbonyl (C=O) groups excluding carboxylic acids is 1. The van der Waals surface area contributed by atoms with E-state index in [1.807, 2.05) is 13.8 Å². The molecular formula is C21H22F2N2O3. The molecule has 2 aromatic carbocycles. The molecule has 0 atom stereocenters. The third kappa shape index (κ3) is 5.64. The fraction of sp³-hybridized carbons (Fsp3) is 0.238. The van der Waals surface area contributed by atoms with Crippen molar-refractivity contribution in [1.29, 1.82) is 0 Å². The summed E-state index contributed by atoms with van der Waals surface area (Å²) in [6.45, 7) is 4.84. The van der Waals surface area contributed by atoms with E-state index in [0.29, 0.717) is 5.56 Å². The number of anilines is 1. The average molecular weight is 388 g/mol. The normalized spacial score (nSPS) is 11.4. The van der Waals surface area contributed by atoms with Crippen LogP contribution in [-0.4, -0.2) is 29.6 Å². The second-order valence-electron chi connectivity index (χ2n) is 6.63. The van der Waals surface area contributed by atoms with Gasteiger partial charge in [-0.2, -0.15) is 0 Å². The molecule has 0 aliphatic rings. The molecule has 0 aromatic heterocycles. The van der Waals surface area contributed by atoms with Gasteiger partial charge in [-0.15, -0.1) is 0 Å². The lowest BCUT2D eigenvalue weighted by atomic mass is 10.0. The van der Waals surface area contributed by atoms with Gasteiger partial charge in [0.1, 0.15) is 18.2 Å². The third-order valence-corrected chi connectivity index (χ3v) is 3.87. The molecule has 148 valence electrons. The molecule has 0 aliphatic carbocycles. The van der Waals surface area contributed by atoms with Crippen LogP contribution in [0.3, 0.4) is 0 Å². The Morgan fingerprint density at radius 2 is 1.75 bits per heavy atom. The summed E-state index contributed by atoms with van der Waals surface area (Å²) in [4.78, 5) is 22.3. The largest absolute Gasteiger partial charge is 0.480 e. The number of hydrogen-bond acceptors (Lipinski definition) is 3. The van der Waals surface area contributed by atoms with Crippen molar-refractivity contribution < 1.29 is 23.5 Å². The Hall–Kier alpha value is -3.22. The Morgan fingerprint density at radius 3 is 2.32 bits per heavy atom. The number of carbonyl (C=O) groups is 2. The molecule has 2 aromatic rings. The van der Waals surface area contributed by atoms with Crippen LogP contribution in [0.25, 0.3) is 17.2 Å². The molecule has 0 saturated heterocycles. The molecule has 0 fully saturated rings. The molecule has 5 nitrogen and oxygen atoms in total. The van der Waals surface area contributed by atoms with Gasteiger partial charge in [0.2, 0.25) is 5.91 Å². The van der Waals surface area contributed by atoms with E-state index in [1.165, 1.54) is 13.0 Å². The van der Waals surface area contributed by atoms with Gasteiger partial charge in [0.05, 0.1) is 0 Å². The van der Waals surface area contributed by atoms with E-state index in [-0.39, 0.29) is 22.7 Å². The lowest BCUT2D eigenvalue weighted by Gasteiger charge is -2.11. The number of nitrogens with one attached hydrogen (secondary N) is 2. The Balaban J connectivity index is 2.26. The van der Waals surface area contributed by atoms with Gasteiger partial charge in [-0.25, -0.2) is 8.78 Å². The Labute approximate surface area is 162 Å². The third-order valence-electron chi connectivity index (χ3n) is 3.87. The van der Waals surface area contributed by atoms with Gasteiger partial charge in [0.25, 0.3) is 0 Å². The molecule has 0 heterocycles. The Bertz CT molecular complexity index is 907. The molecule has 28 heavy (non-hydrogen) atoms. The average Bonchev–Trinajstić information content (AvgIpc) is 2.62. The maximum absolute atomic E-state index is 14.5. The van der Waals surface area contributed by atoms with Crippen LogP contribution < -0.4 is 10.6 Å². The number of halogens is 2. The molecule has 0 bridgehead atoms. The summed E-state index contributed by atoms with van der Waals surface area (Å²) in [6.07, 6.45) is 1.18. The first-order valence-corrected chi connectivity index (χ1v) is 8.71.